The van der Waals surface area contributed by atoms with Crippen LogP contribution in [0.1, 0.15) is 5.56 Å². The van der Waals surface area contributed by atoms with Crippen LogP contribution in [-0.2, 0) is 0 Å². The van der Waals surface area contributed by atoms with Crippen molar-refractivity contribution in [3.63, 3.8) is 0 Å². The van der Waals surface area contributed by atoms with Gasteiger partial charge < -0.3 is 5.32 Å². The van der Waals surface area contributed by atoms with Gasteiger partial charge in [-0.3, -0.25) is 9.98 Å². The summed E-state index contributed by atoms with van der Waals surface area (Å²) in [6.07, 6.45) is 11.2. The van der Waals surface area contributed by atoms with E-state index in [-0.39, 0.29) is 0 Å². The minimum absolute atomic E-state index is 0.969. The molecule has 3 nitrogen and oxygen atoms in total. The van der Waals surface area contributed by atoms with E-state index in [2.05, 4.69) is 27.4 Å². The van der Waals surface area contributed by atoms with Gasteiger partial charge in [-0.25, -0.2) is 0 Å². The molecule has 0 saturated carbocycles. The lowest BCUT2D eigenvalue weighted by Gasteiger charge is -2.06. The Morgan fingerprint density at radius 2 is 2.13 bits per heavy atom. The summed E-state index contributed by atoms with van der Waals surface area (Å²) in [5.74, 6) is 0. The van der Waals surface area contributed by atoms with Crippen molar-refractivity contribution < 1.29 is 0 Å². The van der Waals surface area contributed by atoms with Gasteiger partial charge in [-0.05, 0) is 35.1 Å². The van der Waals surface area contributed by atoms with E-state index in [0.29, 0.717) is 0 Å². The summed E-state index contributed by atoms with van der Waals surface area (Å²) < 4.78 is 0. The maximum atomic E-state index is 4.30. The van der Waals surface area contributed by atoms with Gasteiger partial charge in [0, 0.05) is 24.8 Å². The fraction of sp³-hybridized carbons (Fsp3) is 0. The predicted octanol–water partition coefficient (Wildman–Crippen LogP) is 1.04. The molecule has 1 aromatic carbocycles. The SMILES string of the molecule is C1=Cc2cc3c(cc2=CC=N1)NC=CN=3. The molecular weight excluding hydrogens is 186 g/mol. The summed E-state index contributed by atoms with van der Waals surface area (Å²) in [5.41, 5.74) is 2.18. The second kappa shape index (κ2) is 3.20. The average Bonchev–Trinajstić information content (AvgIpc) is 2.50. The van der Waals surface area contributed by atoms with Crippen molar-refractivity contribution in [2.24, 2.45) is 9.98 Å². The van der Waals surface area contributed by atoms with Crippen LogP contribution in [0, 0.1) is 0 Å². The zero-order chi connectivity index (χ0) is 10.1. The average molecular weight is 195 g/mol. The van der Waals surface area contributed by atoms with Crippen molar-refractivity contribution in [1.29, 1.82) is 0 Å². The first-order valence-electron chi connectivity index (χ1n) is 4.77. The highest BCUT2D eigenvalue weighted by molar-refractivity contribution is 5.93. The van der Waals surface area contributed by atoms with Crippen molar-refractivity contribution in [3.05, 3.63) is 46.9 Å². The molecular formula is C12H9N3. The minimum atomic E-state index is 0.969. The van der Waals surface area contributed by atoms with Gasteiger partial charge in [0.15, 0.2) is 0 Å². The van der Waals surface area contributed by atoms with Gasteiger partial charge in [0.2, 0.25) is 0 Å². The van der Waals surface area contributed by atoms with Crippen LogP contribution in [0.5, 0.6) is 0 Å². The largest absolute Gasteiger partial charge is 0.358 e. The van der Waals surface area contributed by atoms with Crippen LogP contribution in [0.25, 0.3) is 12.2 Å². The summed E-state index contributed by atoms with van der Waals surface area (Å²) in [5, 5.41) is 5.30. The van der Waals surface area contributed by atoms with Gasteiger partial charge in [0.25, 0.3) is 0 Å². The number of anilines is 1. The lowest BCUT2D eigenvalue weighted by Crippen LogP contribution is -2.18. The quantitative estimate of drug-likeness (QED) is 0.659. The Labute approximate surface area is 86.9 Å². The molecule has 2 aliphatic rings. The first kappa shape index (κ1) is 8.17. The fourth-order valence-corrected chi connectivity index (χ4v) is 1.67. The molecule has 2 aliphatic heterocycles. The standard InChI is InChI=1S/C12H9N3/c1-3-13-4-2-10-8-12-11(7-9(1)10)14-5-6-15-12/h1-8,14H. The zero-order valence-corrected chi connectivity index (χ0v) is 8.01. The minimum Gasteiger partial charge on any atom is -0.358 e. The highest BCUT2D eigenvalue weighted by Gasteiger charge is 2.01. The zero-order valence-electron chi connectivity index (χ0n) is 8.01. The number of hydrogen-bond acceptors (Lipinski definition) is 3. The van der Waals surface area contributed by atoms with Gasteiger partial charge in [-0.2, -0.15) is 0 Å². The summed E-state index contributed by atoms with van der Waals surface area (Å²) in [6, 6.07) is 4.14. The molecule has 3 heteroatoms. The summed E-state index contributed by atoms with van der Waals surface area (Å²) >= 11 is 0. The predicted molar refractivity (Wildman–Crippen MR) is 62.0 cm³/mol. The van der Waals surface area contributed by atoms with E-state index in [1.807, 2.05) is 18.4 Å². The smallest absolute Gasteiger partial charge is 0.0871 e. The van der Waals surface area contributed by atoms with Crippen molar-refractivity contribution in [2.75, 3.05) is 5.32 Å². The number of nitrogens with one attached hydrogen (secondary N) is 1. The lowest BCUT2D eigenvalue weighted by molar-refractivity contribution is 1.27. The monoisotopic (exact) mass is 195 g/mol. The molecule has 0 spiro atoms. The third kappa shape index (κ3) is 1.38. The Bertz CT molecular complexity index is 606. The third-order valence-electron chi connectivity index (χ3n) is 2.41. The first-order valence-corrected chi connectivity index (χ1v) is 4.77. The third-order valence-corrected chi connectivity index (χ3v) is 2.41. The second-order valence-corrected chi connectivity index (χ2v) is 3.37. The van der Waals surface area contributed by atoms with E-state index in [0.717, 1.165) is 21.8 Å². The molecule has 0 radical (unpaired) electrons. The summed E-state index contributed by atoms with van der Waals surface area (Å²) in [6.45, 7) is 0. The van der Waals surface area contributed by atoms with Crippen LogP contribution in [-0.4, -0.2) is 6.21 Å². The molecule has 0 amide bonds. The molecule has 2 heterocycles. The number of benzene rings is 1. The molecule has 1 N–H and O–H groups in total. The number of aliphatic imine (C=N–C) groups is 1. The fourth-order valence-electron chi connectivity index (χ4n) is 1.67. The van der Waals surface area contributed by atoms with Crippen molar-refractivity contribution in [1.82, 2.24) is 0 Å². The Hall–Kier alpha value is -2.16. The summed E-state index contributed by atoms with van der Waals surface area (Å²) in [4.78, 5) is 8.38. The first-order chi connectivity index (χ1) is 7.43. The van der Waals surface area contributed by atoms with Crippen LogP contribution in [0.2, 0.25) is 0 Å². The maximum Gasteiger partial charge on any atom is 0.0871 e. The second-order valence-electron chi connectivity index (χ2n) is 3.37. The molecule has 0 aliphatic carbocycles. The Kier molecular flexibility index (Phi) is 1.75. The van der Waals surface area contributed by atoms with Crippen molar-refractivity contribution in [3.8, 4) is 0 Å². The molecule has 0 atom stereocenters. The van der Waals surface area contributed by atoms with E-state index < -0.39 is 0 Å². The molecule has 15 heavy (non-hydrogen) atoms. The highest BCUT2D eigenvalue weighted by atomic mass is 14.9. The van der Waals surface area contributed by atoms with Gasteiger partial charge in [-0.15, -0.1) is 0 Å². The molecule has 0 fully saturated rings. The van der Waals surface area contributed by atoms with Crippen LogP contribution >= 0.6 is 0 Å². The van der Waals surface area contributed by atoms with E-state index in [1.54, 1.807) is 18.6 Å². The normalized spacial score (nSPS) is 15.5. The molecule has 0 aromatic heterocycles. The van der Waals surface area contributed by atoms with Crippen LogP contribution in [0.15, 0.2) is 40.7 Å². The topological polar surface area (TPSA) is 36.8 Å². The number of nitrogens with zero attached hydrogens (tertiary/aromatic N) is 2. The van der Waals surface area contributed by atoms with Gasteiger partial charge in [0.1, 0.15) is 0 Å². The summed E-state index contributed by atoms with van der Waals surface area (Å²) in [7, 11) is 0. The van der Waals surface area contributed by atoms with E-state index in [1.165, 1.54) is 0 Å². The van der Waals surface area contributed by atoms with Gasteiger partial charge >= 0.3 is 0 Å². The van der Waals surface area contributed by atoms with E-state index in [9.17, 15) is 0 Å². The van der Waals surface area contributed by atoms with Crippen LogP contribution in [0.3, 0.4) is 0 Å². The molecule has 3 rings (SSSR count). The molecule has 0 saturated heterocycles. The molecule has 72 valence electrons. The number of fused-ring (bicyclic) bond motifs is 2. The Morgan fingerprint density at radius 1 is 1.13 bits per heavy atom. The highest BCUT2D eigenvalue weighted by Crippen LogP contribution is 2.04. The van der Waals surface area contributed by atoms with Crippen LogP contribution < -0.4 is 15.9 Å². The van der Waals surface area contributed by atoms with Crippen molar-refractivity contribution in [2.45, 2.75) is 0 Å². The van der Waals surface area contributed by atoms with Crippen LogP contribution in [0.4, 0.5) is 5.69 Å². The number of hydrogen-bond donors (Lipinski definition) is 1. The Morgan fingerprint density at radius 3 is 3.13 bits per heavy atom. The van der Waals surface area contributed by atoms with Crippen molar-refractivity contribution >= 4 is 24.1 Å². The van der Waals surface area contributed by atoms with E-state index >= 15 is 0 Å². The lowest BCUT2D eigenvalue weighted by atomic mass is 10.1. The maximum absolute atomic E-state index is 4.30. The molecule has 1 aromatic rings. The van der Waals surface area contributed by atoms with E-state index in [4.69, 9.17) is 0 Å². The number of rotatable bonds is 0. The Balaban J connectivity index is 2.36. The molecule has 0 bridgehead atoms. The van der Waals surface area contributed by atoms with Gasteiger partial charge in [-0.1, -0.05) is 0 Å². The molecule has 0 unspecified atom stereocenters. The van der Waals surface area contributed by atoms with Gasteiger partial charge in [0.05, 0.1) is 11.0 Å².